The molecular weight excluding hydrogens is 284 g/mol. The zero-order valence-corrected chi connectivity index (χ0v) is 12.1. The van der Waals surface area contributed by atoms with Crippen molar-refractivity contribution in [2.45, 2.75) is 12.5 Å². The minimum absolute atomic E-state index is 0.173. The van der Waals surface area contributed by atoms with Crippen LogP contribution in [0.25, 0.3) is 0 Å². The zero-order valence-electron chi connectivity index (χ0n) is 11.3. The molecule has 0 saturated heterocycles. The maximum atomic E-state index is 11.9. The number of nitrogens with two attached hydrogens (primary N) is 1. The fourth-order valence-electron chi connectivity index (χ4n) is 1.51. The molecule has 0 saturated carbocycles. The molecule has 7 heteroatoms. The van der Waals surface area contributed by atoms with Crippen LogP contribution in [0, 0.1) is 0 Å². The Kier molecular flexibility index (Phi) is 6.44. The highest BCUT2D eigenvalue weighted by atomic mass is 35.5. The molecule has 3 N–H and O–H groups in total. The summed E-state index contributed by atoms with van der Waals surface area (Å²) in [4.78, 5) is 23.5. The van der Waals surface area contributed by atoms with E-state index in [-0.39, 0.29) is 5.56 Å². The Morgan fingerprint density at radius 2 is 2.10 bits per heavy atom. The van der Waals surface area contributed by atoms with Crippen LogP contribution in [-0.2, 0) is 14.3 Å². The van der Waals surface area contributed by atoms with E-state index in [2.05, 4.69) is 10.1 Å². The molecule has 0 radical (unpaired) electrons. The van der Waals surface area contributed by atoms with E-state index in [9.17, 15) is 9.59 Å². The van der Waals surface area contributed by atoms with Crippen molar-refractivity contribution < 1.29 is 19.1 Å². The number of ether oxygens (including phenoxy) is 2. The molecule has 1 amide bonds. The van der Waals surface area contributed by atoms with Gasteiger partial charge in [0.05, 0.1) is 24.4 Å². The van der Waals surface area contributed by atoms with Gasteiger partial charge in [0.1, 0.15) is 0 Å². The lowest BCUT2D eigenvalue weighted by molar-refractivity contribution is -0.117. The van der Waals surface area contributed by atoms with Crippen LogP contribution in [0.5, 0.6) is 0 Å². The van der Waals surface area contributed by atoms with Gasteiger partial charge in [-0.15, -0.1) is 0 Å². The highest BCUT2D eigenvalue weighted by Gasteiger charge is 2.18. The molecule has 0 aliphatic carbocycles. The SMILES string of the molecule is COCCC(N)C(=O)Nc1ccc(Cl)cc1C(=O)OC. The minimum Gasteiger partial charge on any atom is -0.465 e. The topological polar surface area (TPSA) is 90.6 Å². The molecule has 0 fully saturated rings. The molecule has 1 aromatic rings. The maximum absolute atomic E-state index is 11.9. The molecule has 20 heavy (non-hydrogen) atoms. The number of anilines is 1. The summed E-state index contributed by atoms with van der Waals surface area (Å²) in [6.45, 7) is 0.374. The lowest BCUT2D eigenvalue weighted by atomic mass is 10.1. The Bertz CT molecular complexity index is 493. The lowest BCUT2D eigenvalue weighted by Crippen LogP contribution is -2.36. The summed E-state index contributed by atoms with van der Waals surface area (Å²) in [5.41, 5.74) is 6.18. The molecule has 1 rings (SSSR count). The largest absolute Gasteiger partial charge is 0.465 e. The number of carbonyl (C=O) groups excluding carboxylic acids is 2. The van der Waals surface area contributed by atoms with Crippen molar-refractivity contribution in [2.75, 3.05) is 26.1 Å². The Labute approximate surface area is 122 Å². The number of esters is 1. The van der Waals surface area contributed by atoms with Crippen molar-refractivity contribution in [3.8, 4) is 0 Å². The van der Waals surface area contributed by atoms with E-state index in [0.717, 1.165) is 0 Å². The molecule has 1 aromatic carbocycles. The van der Waals surface area contributed by atoms with Gasteiger partial charge in [0.15, 0.2) is 0 Å². The van der Waals surface area contributed by atoms with Gasteiger partial charge in [-0.3, -0.25) is 4.79 Å². The van der Waals surface area contributed by atoms with E-state index < -0.39 is 17.9 Å². The number of halogens is 1. The Morgan fingerprint density at radius 1 is 1.40 bits per heavy atom. The van der Waals surface area contributed by atoms with Gasteiger partial charge in [-0.1, -0.05) is 11.6 Å². The molecule has 0 aromatic heterocycles. The Balaban J connectivity index is 2.86. The van der Waals surface area contributed by atoms with Crippen LogP contribution in [0.2, 0.25) is 5.02 Å². The first kappa shape index (κ1) is 16.4. The molecule has 1 atom stereocenters. The summed E-state index contributed by atoms with van der Waals surface area (Å²) >= 11 is 5.82. The van der Waals surface area contributed by atoms with Crippen LogP contribution in [0.4, 0.5) is 5.69 Å². The van der Waals surface area contributed by atoms with Crippen molar-refractivity contribution >= 4 is 29.2 Å². The number of carbonyl (C=O) groups is 2. The number of nitrogens with one attached hydrogen (secondary N) is 1. The number of hydrogen-bond donors (Lipinski definition) is 2. The van der Waals surface area contributed by atoms with Crippen molar-refractivity contribution in [1.82, 2.24) is 0 Å². The first-order chi connectivity index (χ1) is 9.49. The normalized spacial score (nSPS) is 11.8. The van der Waals surface area contributed by atoms with Crippen molar-refractivity contribution in [3.05, 3.63) is 28.8 Å². The van der Waals surface area contributed by atoms with Crippen molar-refractivity contribution in [1.29, 1.82) is 0 Å². The van der Waals surface area contributed by atoms with Crippen LogP contribution in [0.15, 0.2) is 18.2 Å². The van der Waals surface area contributed by atoms with E-state index in [1.807, 2.05) is 0 Å². The second-order valence-electron chi connectivity index (χ2n) is 4.06. The molecule has 110 valence electrons. The maximum Gasteiger partial charge on any atom is 0.340 e. The third kappa shape index (κ3) is 4.48. The van der Waals surface area contributed by atoms with E-state index in [0.29, 0.717) is 23.7 Å². The zero-order chi connectivity index (χ0) is 15.1. The number of benzene rings is 1. The molecule has 1 unspecified atom stereocenters. The van der Waals surface area contributed by atoms with E-state index in [1.54, 1.807) is 6.07 Å². The monoisotopic (exact) mass is 300 g/mol. The number of amides is 1. The molecule has 0 bridgehead atoms. The van der Waals surface area contributed by atoms with Gasteiger partial charge in [0, 0.05) is 18.7 Å². The number of hydrogen-bond acceptors (Lipinski definition) is 5. The van der Waals surface area contributed by atoms with Crippen molar-refractivity contribution in [3.63, 3.8) is 0 Å². The first-order valence-corrected chi connectivity index (χ1v) is 6.30. The van der Waals surface area contributed by atoms with Crippen LogP contribution in [0.3, 0.4) is 0 Å². The molecule has 0 spiro atoms. The number of methoxy groups -OCH3 is 2. The van der Waals surface area contributed by atoms with Crippen LogP contribution < -0.4 is 11.1 Å². The Hall–Kier alpha value is -1.63. The summed E-state index contributed by atoms with van der Waals surface area (Å²) in [6.07, 6.45) is 0.378. The summed E-state index contributed by atoms with van der Waals surface area (Å²) < 4.78 is 9.50. The average Bonchev–Trinajstić information content (AvgIpc) is 2.45. The van der Waals surface area contributed by atoms with Crippen LogP contribution in [0.1, 0.15) is 16.8 Å². The van der Waals surface area contributed by atoms with E-state index in [4.69, 9.17) is 22.1 Å². The van der Waals surface area contributed by atoms with Crippen LogP contribution in [-0.4, -0.2) is 38.7 Å². The summed E-state index contributed by atoms with van der Waals surface area (Å²) in [5, 5.41) is 2.95. The van der Waals surface area contributed by atoms with Gasteiger partial charge in [0.25, 0.3) is 0 Å². The van der Waals surface area contributed by atoms with Gasteiger partial charge in [0.2, 0.25) is 5.91 Å². The molecule has 0 aliphatic heterocycles. The van der Waals surface area contributed by atoms with Crippen LogP contribution >= 0.6 is 11.6 Å². The highest BCUT2D eigenvalue weighted by molar-refractivity contribution is 6.31. The van der Waals surface area contributed by atoms with Gasteiger partial charge < -0.3 is 20.5 Å². The smallest absolute Gasteiger partial charge is 0.340 e. The standard InChI is InChI=1S/C13H17ClN2O4/c1-19-6-5-10(15)12(17)16-11-4-3-8(14)7-9(11)13(18)20-2/h3-4,7,10H,5-6,15H2,1-2H3,(H,16,17). The molecule has 0 heterocycles. The summed E-state index contributed by atoms with van der Waals surface area (Å²) in [6, 6.07) is 3.78. The average molecular weight is 301 g/mol. The van der Waals surface area contributed by atoms with Gasteiger partial charge >= 0.3 is 5.97 Å². The van der Waals surface area contributed by atoms with Crippen molar-refractivity contribution in [2.24, 2.45) is 5.73 Å². The molecule has 6 nitrogen and oxygen atoms in total. The minimum atomic E-state index is -0.726. The third-order valence-corrected chi connectivity index (χ3v) is 2.85. The van der Waals surface area contributed by atoms with E-state index >= 15 is 0 Å². The fourth-order valence-corrected chi connectivity index (χ4v) is 1.68. The van der Waals surface area contributed by atoms with Gasteiger partial charge in [-0.05, 0) is 24.6 Å². The molecular formula is C13H17ClN2O4. The second-order valence-corrected chi connectivity index (χ2v) is 4.50. The summed E-state index contributed by atoms with van der Waals surface area (Å²) in [7, 11) is 2.78. The second kappa shape index (κ2) is 7.84. The van der Waals surface area contributed by atoms with Gasteiger partial charge in [-0.2, -0.15) is 0 Å². The van der Waals surface area contributed by atoms with Gasteiger partial charge in [-0.25, -0.2) is 4.79 Å². The Morgan fingerprint density at radius 3 is 2.70 bits per heavy atom. The third-order valence-electron chi connectivity index (χ3n) is 2.61. The lowest BCUT2D eigenvalue weighted by Gasteiger charge is -2.14. The number of rotatable bonds is 6. The molecule has 0 aliphatic rings. The fraction of sp³-hybridized carbons (Fsp3) is 0.385. The predicted molar refractivity (Wildman–Crippen MR) is 75.9 cm³/mol. The van der Waals surface area contributed by atoms with E-state index in [1.165, 1.54) is 26.4 Å². The summed E-state index contributed by atoms with van der Waals surface area (Å²) in [5.74, 6) is -0.997. The highest BCUT2D eigenvalue weighted by Crippen LogP contribution is 2.21. The quantitative estimate of drug-likeness (QED) is 0.776. The first-order valence-electron chi connectivity index (χ1n) is 5.92. The predicted octanol–water partition coefficient (Wildman–Crippen LogP) is 1.43.